The lowest BCUT2D eigenvalue weighted by atomic mass is 10.1. The average Bonchev–Trinajstić information content (AvgIpc) is 3.29. The van der Waals surface area contributed by atoms with E-state index in [0.29, 0.717) is 22.8 Å². The van der Waals surface area contributed by atoms with E-state index in [1.54, 1.807) is 60.7 Å². The Bertz CT molecular complexity index is 1090. The standard InChI is InChI=1S/C21H13N3O3/c22-13-14-6-8-15(9-7-14)19-11-10-17(27-19)12-18-20(25)23-24(21(18)26)16-4-2-1-3-5-16/h1-12H,(H,23,25). The summed E-state index contributed by atoms with van der Waals surface area (Å²) in [5, 5.41) is 10.1. The van der Waals surface area contributed by atoms with Gasteiger partial charge < -0.3 is 4.42 Å². The second kappa shape index (κ2) is 6.65. The Morgan fingerprint density at radius 2 is 1.70 bits per heavy atom. The zero-order chi connectivity index (χ0) is 18.8. The number of carbonyl (C=O) groups is 2. The molecule has 130 valence electrons. The second-order valence-corrected chi connectivity index (χ2v) is 5.87. The summed E-state index contributed by atoms with van der Waals surface area (Å²) >= 11 is 0. The predicted octanol–water partition coefficient (Wildman–Crippen LogP) is 3.28. The fourth-order valence-electron chi connectivity index (χ4n) is 2.75. The van der Waals surface area contributed by atoms with Crippen LogP contribution in [0.1, 0.15) is 11.3 Å². The average molecular weight is 355 g/mol. The van der Waals surface area contributed by atoms with Crippen LogP contribution < -0.4 is 10.4 Å². The van der Waals surface area contributed by atoms with Crippen molar-refractivity contribution in [3.05, 3.63) is 83.6 Å². The van der Waals surface area contributed by atoms with Crippen LogP contribution in [0.15, 0.2) is 76.7 Å². The van der Waals surface area contributed by atoms with E-state index >= 15 is 0 Å². The summed E-state index contributed by atoms with van der Waals surface area (Å²) in [5.74, 6) is 0.0441. The highest BCUT2D eigenvalue weighted by atomic mass is 16.3. The van der Waals surface area contributed by atoms with Gasteiger partial charge in [0.2, 0.25) is 0 Å². The van der Waals surface area contributed by atoms with Gasteiger partial charge in [0.15, 0.2) is 0 Å². The molecule has 2 amide bonds. The number of hydrogen-bond donors (Lipinski definition) is 1. The molecule has 0 bridgehead atoms. The Labute approximate surface area is 154 Å². The van der Waals surface area contributed by atoms with Crippen LogP contribution >= 0.6 is 0 Å². The number of nitrogens with zero attached hydrogens (tertiary/aromatic N) is 2. The third kappa shape index (κ3) is 3.10. The number of rotatable bonds is 3. The molecule has 0 unspecified atom stereocenters. The van der Waals surface area contributed by atoms with Crippen molar-refractivity contribution in [3.63, 3.8) is 0 Å². The highest BCUT2D eigenvalue weighted by Gasteiger charge is 2.34. The number of carbonyl (C=O) groups excluding carboxylic acids is 2. The molecule has 27 heavy (non-hydrogen) atoms. The third-order valence-corrected chi connectivity index (χ3v) is 4.12. The van der Waals surface area contributed by atoms with E-state index in [2.05, 4.69) is 11.5 Å². The molecular weight excluding hydrogens is 342 g/mol. The first-order chi connectivity index (χ1) is 13.2. The number of amides is 2. The van der Waals surface area contributed by atoms with Crippen molar-refractivity contribution in [2.75, 3.05) is 5.01 Å². The van der Waals surface area contributed by atoms with Crippen molar-refractivity contribution >= 4 is 23.6 Å². The molecule has 0 radical (unpaired) electrons. The zero-order valence-corrected chi connectivity index (χ0v) is 14.0. The topological polar surface area (TPSA) is 86.3 Å². The molecule has 1 saturated heterocycles. The number of hydrogen-bond acceptors (Lipinski definition) is 4. The molecule has 1 aliphatic rings. The number of benzene rings is 2. The molecule has 3 aromatic rings. The molecule has 1 fully saturated rings. The lowest BCUT2D eigenvalue weighted by Crippen LogP contribution is -2.35. The van der Waals surface area contributed by atoms with Crippen LogP contribution in [0.25, 0.3) is 17.4 Å². The smallest absolute Gasteiger partial charge is 0.282 e. The van der Waals surface area contributed by atoms with E-state index in [1.807, 2.05) is 6.07 Å². The first-order valence-corrected chi connectivity index (χ1v) is 8.18. The largest absolute Gasteiger partial charge is 0.457 e. The van der Waals surface area contributed by atoms with Gasteiger partial charge in [-0.1, -0.05) is 18.2 Å². The number of hydrazine groups is 1. The van der Waals surface area contributed by atoms with E-state index < -0.39 is 11.8 Å². The summed E-state index contributed by atoms with van der Waals surface area (Å²) in [6.07, 6.45) is 1.42. The molecule has 4 rings (SSSR count). The molecule has 0 spiro atoms. The Kier molecular flexibility index (Phi) is 4.03. The lowest BCUT2D eigenvalue weighted by molar-refractivity contribution is -0.117. The van der Waals surface area contributed by atoms with Crippen molar-refractivity contribution < 1.29 is 14.0 Å². The van der Waals surface area contributed by atoms with Crippen LogP contribution in [0.3, 0.4) is 0 Å². The van der Waals surface area contributed by atoms with Gasteiger partial charge in [0.1, 0.15) is 17.1 Å². The molecule has 0 aliphatic carbocycles. The summed E-state index contributed by atoms with van der Waals surface area (Å²) in [7, 11) is 0. The van der Waals surface area contributed by atoms with Gasteiger partial charge in [-0.3, -0.25) is 15.0 Å². The molecular formula is C21H13N3O3. The minimum absolute atomic E-state index is 0.000388. The summed E-state index contributed by atoms with van der Waals surface area (Å²) in [5.41, 5.74) is 4.48. The summed E-state index contributed by atoms with van der Waals surface area (Å²) in [4.78, 5) is 24.8. The molecule has 2 heterocycles. The van der Waals surface area contributed by atoms with Crippen LogP contribution in [0, 0.1) is 11.3 Å². The van der Waals surface area contributed by atoms with Crippen LogP contribution in [0.4, 0.5) is 5.69 Å². The van der Waals surface area contributed by atoms with E-state index in [4.69, 9.17) is 9.68 Å². The molecule has 1 N–H and O–H groups in total. The van der Waals surface area contributed by atoms with Crippen molar-refractivity contribution in [3.8, 4) is 17.4 Å². The van der Waals surface area contributed by atoms with Crippen LogP contribution in [-0.4, -0.2) is 11.8 Å². The molecule has 1 aliphatic heterocycles. The molecule has 1 aromatic heterocycles. The van der Waals surface area contributed by atoms with E-state index in [1.165, 1.54) is 11.1 Å². The maximum atomic E-state index is 12.6. The maximum absolute atomic E-state index is 12.6. The predicted molar refractivity (Wildman–Crippen MR) is 98.9 cm³/mol. The highest BCUT2D eigenvalue weighted by molar-refractivity contribution is 6.31. The quantitative estimate of drug-likeness (QED) is 0.577. The van der Waals surface area contributed by atoms with Gasteiger partial charge in [-0.2, -0.15) is 5.26 Å². The Morgan fingerprint density at radius 3 is 2.41 bits per heavy atom. The minimum atomic E-state index is -0.486. The molecule has 0 atom stereocenters. The normalized spacial score (nSPS) is 15.1. The number of furan rings is 1. The van der Waals surface area contributed by atoms with Crippen LogP contribution in [0.2, 0.25) is 0 Å². The van der Waals surface area contributed by atoms with Gasteiger partial charge in [-0.15, -0.1) is 0 Å². The fourth-order valence-corrected chi connectivity index (χ4v) is 2.75. The van der Waals surface area contributed by atoms with Gasteiger partial charge in [0.05, 0.1) is 17.3 Å². The van der Waals surface area contributed by atoms with Gasteiger partial charge in [-0.25, -0.2) is 5.01 Å². The number of nitrogens with one attached hydrogen (secondary N) is 1. The summed E-state index contributed by atoms with van der Waals surface area (Å²) < 4.78 is 5.73. The summed E-state index contributed by atoms with van der Waals surface area (Å²) in [6, 6.07) is 21.3. The molecule has 0 saturated carbocycles. The highest BCUT2D eigenvalue weighted by Crippen LogP contribution is 2.26. The van der Waals surface area contributed by atoms with E-state index in [9.17, 15) is 9.59 Å². The molecule has 6 heteroatoms. The monoisotopic (exact) mass is 355 g/mol. The van der Waals surface area contributed by atoms with Crippen molar-refractivity contribution in [1.82, 2.24) is 5.43 Å². The Balaban J connectivity index is 1.60. The number of nitriles is 1. The fraction of sp³-hybridized carbons (Fsp3) is 0. The van der Waals surface area contributed by atoms with Crippen LogP contribution in [-0.2, 0) is 9.59 Å². The first-order valence-electron chi connectivity index (χ1n) is 8.18. The molecule has 6 nitrogen and oxygen atoms in total. The number of para-hydroxylation sites is 1. The molecule has 2 aromatic carbocycles. The van der Waals surface area contributed by atoms with Crippen molar-refractivity contribution in [1.29, 1.82) is 5.26 Å². The lowest BCUT2D eigenvalue weighted by Gasteiger charge is -2.13. The minimum Gasteiger partial charge on any atom is -0.457 e. The van der Waals surface area contributed by atoms with E-state index in [-0.39, 0.29) is 5.57 Å². The third-order valence-electron chi connectivity index (χ3n) is 4.12. The van der Waals surface area contributed by atoms with E-state index in [0.717, 1.165) is 5.56 Å². The van der Waals surface area contributed by atoms with Crippen LogP contribution in [0.5, 0.6) is 0 Å². The summed E-state index contributed by atoms with van der Waals surface area (Å²) in [6.45, 7) is 0. The number of anilines is 1. The zero-order valence-electron chi connectivity index (χ0n) is 14.0. The van der Waals surface area contributed by atoms with Crippen molar-refractivity contribution in [2.24, 2.45) is 0 Å². The van der Waals surface area contributed by atoms with Gasteiger partial charge >= 0.3 is 0 Å². The van der Waals surface area contributed by atoms with Gasteiger partial charge in [0.25, 0.3) is 11.8 Å². The Morgan fingerprint density at radius 1 is 0.963 bits per heavy atom. The Hall–Kier alpha value is -4.11. The van der Waals surface area contributed by atoms with Gasteiger partial charge in [0, 0.05) is 5.56 Å². The van der Waals surface area contributed by atoms with Gasteiger partial charge in [-0.05, 0) is 54.6 Å². The second-order valence-electron chi connectivity index (χ2n) is 5.87. The first kappa shape index (κ1) is 16.4. The van der Waals surface area contributed by atoms with Crippen molar-refractivity contribution in [2.45, 2.75) is 0 Å². The maximum Gasteiger partial charge on any atom is 0.282 e. The SMILES string of the molecule is N#Cc1ccc(-c2ccc(C=C3C(=O)NN(c4ccccc4)C3=O)o2)cc1.